The number of benzene rings is 2. The summed E-state index contributed by atoms with van der Waals surface area (Å²) in [6.07, 6.45) is 0. The van der Waals surface area contributed by atoms with E-state index >= 15 is 0 Å². The van der Waals surface area contributed by atoms with E-state index in [0.717, 1.165) is 5.56 Å². The van der Waals surface area contributed by atoms with Crippen molar-refractivity contribution in [2.75, 3.05) is 19.6 Å². The van der Waals surface area contributed by atoms with E-state index in [2.05, 4.69) is 11.0 Å². The third kappa shape index (κ3) is 3.85. The first kappa shape index (κ1) is 16.7. The van der Waals surface area contributed by atoms with Gasteiger partial charge < -0.3 is 4.90 Å². The van der Waals surface area contributed by atoms with Gasteiger partial charge >= 0.3 is 0 Å². The van der Waals surface area contributed by atoms with E-state index in [-0.39, 0.29) is 11.9 Å². The van der Waals surface area contributed by atoms with Gasteiger partial charge in [-0.3, -0.25) is 9.69 Å². The van der Waals surface area contributed by atoms with Crippen LogP contribution in [0.5, 0.6) is 0 Å². The summed E-state index contributed by atoms with van der Waals surface area (Å²) < 4.78 is 0. The van der Waals surface area contributed by atoms with Crippen molar-refractivity contribution in [3.05, 3.63) is 71.3 Å². The van der Waals surface area contributed by atoms with Crippen molar-refractivity contribution in [1.29, 1.82) is 10.5 Å². The van der Waals surface area contributed by atoms with Gasteiger partial charge in [0.1, 0.15) is 6.04 Å². The van der Waals surface area contributed by atoms with E-state index in [4.69, 9.17) is 5.26 Å². The minimum absolute atomic E-state index is 0.128. The van der Waals surface area contributed by atoms with Gasteiger partial charge in [-0.1, -0.05) is 36.4 Å². The van der Waals surface area contributed by atoms with Crippen LogP contribution >= 0.6 is 0 Å². The maximum atomic E-state index is 12.7. The molecular weight excluding hydrogens is 312 g/mol. The van der Waals surface area contributed by atoms with E-state index in [1.165, 1.54) is 0 Å². The molecule has 1 fully saturated rings. The average Bonchev–Trinajstić information content (AvgIpc) is 2.68. The van der Waals surface area contributed by atoms with Crippen molar-refractivity contribution in [3.63, 3.8) is 0 Å². The predicted octanol–water partition coefficient (Wildman–Crippen LogP) is 2.41. The highest BCUT2D eigenvalue weighted by Crippen LogP contribution is 2.16. The lowest BCUT2D eigenvalue weighted by Gasteiger charge is -2.38. The van der Waals surface area contributed by atoms with Gasteiger partial charge in [-0.15, -0.1) is 0 Å². The van der Waals surface area contributed by atoms with Crippen molar-refractivity contribution in [2.45, 2.75) is 12.6 Å². The van der Waals surface area contributed by atoms with Crippen LogP contribution in [-0.4, -0.2) is 41.4 Å². The van der Waals surface area contributed by atoms with Crippen LogP contribution < -0.4 is 0 Å². The quantitative estimate of drug-likeness (QED) is 0.866. The monoisotopic (exact) mass is 330 g/mol. The smallest absolute Gasteiger partial charge is 0.254 e. The molecule has 1 saturated heterocycles. The van der Waals surface area contributed by atoms with Gasteiger partial charge in [0.2, 0.25) is 0 Å². The van der Waals surface area contributed by atoms with Crippen LogP contribution in [0, 0.1) is 22.7 Å². The van der Waals surface area contributed by atoms with Crippen molar-refractivity contribution in [3.8, 4) is 12.1 Å². The lowest BCUT2D eigenvalue weighted by molar-refractivity contribution is 0.0552. The largest absolute Gasteiger partial charge is 0.335 e. The van der Waals surface area contributed by atoms with Crippen LogP contribution in [0.25, 0.3) is 0 Å². The van der Waals surface area contributed by atoms with Crippen LogP contribution in [0.4, 0.5) is 0 Å². The summed E-state index contributed by atoms with van der Waals surface area (Å²) in [4.78, 5) is 16.5. The lowest BCUT2D eigenvalue weighted by Crippen LogP contribution is -2.53. The number of hydrogen-bond donors (Lipinski definition) is 0. The third-order valence-corrected chi connectivity index (χ3v) is 4.39. The van der Waals surface area contributed by atoms with Crippen molar-refractivity contribution in [1.82, 2.24) is 9.80 Å². The summed E-state index contributed by atoms with van der Waals surface area (Å²) in [6.45, 7) is 2.29. The molecule has 0 aromatic heterocycles. The summed E-state index contributed by atoms with van der Waals surface area (Å²) in [5.41, 5.74) is 2.11. The number of amides is 1. The molecule has 3 rings (SSSR count). The Labute approximate surface area is 147 Å². The predicted molar refractivity (Wildman–Crippen MR) is 93.3 cm³/mol. The summed E-state index contributed by atoms with van der Waals surface area (Å²) in [7, 11) is 0. The molecule has 25 heavy (non-hydrogen) atoms. The Kier molecular flexibility index (Phi) is 5.09. The highest BCUT2D eigenvalue weighted by molar-refractivity contribution is 5.94. The zero-order valence-electron chi connectivity index (χ0n) is 13.8. The molecular formula is C20H18N4O. The second-order valence-electron chi connectivity index (χ2n) is 6.04. The molecule has 0 N–H and O–H groups in total. The summed E-state index contributed by atoms with van der Waals surface area (Å²) in [5, 5.41) is 18.5. The van der Waals surface area contributed by atoms with Crippen LogP contribution in [0.15, 0.2) is 54.6 Å². The minimum atomic E-state index is -0.336. The van der Waals surface area contributed by atoms with Crippen LogP contribution in [0.2, 0.25) is 0 Å². The molecule has 0 spiro atoms. The number of rotatable bonds is 3. The average molecular weight is 330 g/mol. The Morgan fingerprint density at radius 1 is 1.08 bits per heavy atom. The van der Waals surface area contributed by atoms with Gasteiger partial charge in [0.15, 0.2) is 0 Å². The van der Waals surface area contributed by atoms with Gasteiger partial charge in [-0.2, -0.15) is 10.5 Å². The fraction of sp³-hybridized carbons (Fsp3) is 0.250. The lowest BCUT2D eigenvalue weighted by atomic mass is 10.1. The normalized spacial score (nSPS) is 17.5. The number of hydrogen-bond acceptors (Lipinski definition) is 4. The van der Waals surface area contributed by atoms with Crippen LogP contribution in [-0.2, 0) is 6.54 Å². The Morgan fingerprint density at radius 3 is 2.60 bits per heavy atom. The molecule has 1 aliphatic rings. The molecule has 0 radical (unpaired) electrons. The zero-order chi connectivity index (χ0) is 17.6. The van der Waals surface area contributed by atoms with Gasteiger partial charge in [0.05, 0.1) is 17.7 Å². The Hall–Kier alpha value is -3.15. The molecule has 124 valence electrons. The minimum Gasteiger partial charge on any atom is -0.335 e. The fourth-order valence-corrected chi connectivity index (χ4v) is 3.04. The molecule has 1 aliphatic heterocycles. The first-order valence-electron chi connectivity index (χ1n) is 8.18. The number of nitriles is 2. The highest BCUT2D eigenvalue weighted by atomic mass is 16.2. The van der Waals surface area contributed by atoms with Crippen molar-refractivity contribution in [2.24, 2.45) is 0 Å². The Bertz CT molecular complexity index is 835. The SMILES string of the molecule is N#Cc1cccc(C(=O)N2CCN(Cc3ccccc3)C(C#N)C2)c1. The highest BCUT2D eigenvalue weighted by Gasteiger charge is 2.30. The molecule has 0 bridgehead atoms. The van der Waals surface area contributed by atoms with Gasteiger partial charge in [0, 0.05) is 31.7 Å². The summed E-state index contributed by atoms with van der Waals surface area (Å²) >= 11 is 0. The number of carbonyl (C=O) groups excluding carboxylic acids is 1. The standard InChI is InChI=1S/C20H18N4O/c21-12-17-7-4-8-18(11-17)20(25)24-10-9-23(19(13-22)15-24)14-16-5-2-1-3-6-16/h1-8,11,19H,9-10,14-15H2. The first-order valence-corrected chi connectivity index (χ1v) is 8.18. The molecule has 0 aliphatic carbocycles. The zero-order valence-corrected chi connectivity index (χ0v) is 13.8. The van der Waals surface area contributed by atoms with Gasteiger partial charge in [-0.05, 0) is 23.8 Å². The Morgan fingerprint density at radius 2 is 1.88 bits per heavy atom. The third-order valence-electron chi connectivity index (χ3n) is 4.39. The van der Waals surface area contributed by atoms with E-state index in [1.54, 1.807) is 29.2 Å². The second kappa shape index (κ2) is 7.61. The molecule has 5 heteroatoms. The molecule has 2 aromatic carbocycles. The maximum absolute atomic E-state index is 12.7. The van der Waals surface area contributed by atoms with E-state index in [1.807, 2.05) is 36.4 Å². The summed E-state index contributed by atoms with van der Waals surface area (Å²) in [5.74, 6) is -0.128. The Balaban J connectivity index is 1.70. The topological polar surface area (TPSA) is 71.1 Å². The molecule has 1 heterocycles. The van der Waals surface area contributed by atoms with E-state index < -0.39 is 0 Å². The number of piperazine rings is 1. The summed E-state index contributed by atoms with van der Waals surface area (Å²) in [6, 6.07) is 20.7. The molecule has 5 nitrogen and oxygen atoms in total. The molecule has 1 unspecified atom stereocenters. The van der Waals surface area contributed by atoms with E-state index in [9.17, 15) is 10.1 Å². The number of nitrogens with zero attached hydrogens (tertiary/aromatic N) is 4. The fourth-order valence-electron chi connectivity index (χ4n) is 3.04. The molecule has 1 amide bonds. The van der Waals surface area contributed by atoms with Gasteiger partial charge in [0.25, 0.3) is 5.91 Å². The van der Waals surface area contributed by atoms with Crippen LogP contribution in [0.1, 0.15) is 21.5 Å². The molecule has 2 aromatic rings. The van der Waals surface area contributed by atoms with Crippen LogP contribution in [0.3, 0.4) is 0 Å². The van der Waals surface area contributed by atoms with Crippen molar-refractivity contribution >= 4 is 5.91 Å². The molecule has 0 saturated carbocycles. The molecule has 1 atom stereocenters. The second-order valence-corrected chi connectivity index (χ2v) is 6.04. The number of carbonyl (C=O) groups is 1. The maximum Gasteiger partial charge on any atom is 0.254 e. The first-order chi connectivity index (χ1) is 12.2. The van der Waals surface area contributed by atoms with Gasteiger partial charge in [-0.25, -0.2) is 0 Å². The van der Waals surface area contributed by atoms with E-state index in [0.29, 0.717) is 37.3 Å². The van der Waals surface area contributed by atoms with Crippen molar-refractivity contribution < 1.29 is 4.79 Å².